The molecule has 2 aliphatic rings. The first-order chi connectivity index (χ1) is 8.81. The lowest BCUT2D eigenvalue weighted by Crippen LogP contribution is -2.33. The standard InChI is InChI=1S/C13H16BrNO3/c1-16-10-6-9(11-7-15-3-5-17-11)12(14)8-2-4-18-13(8)10/h6,11,15H,2-5,7H2,1H3. The number of methoxy groups -OCH3 is 1. The van der Waals surface area contributed by atoms with Crippen LogP contribution >= 0.6 is 15.9 Å². The minimum atomic E-state index is 0.0768. The molecule has 2 aliphatic heterocycles. The van der Waals surface area contributed by atoms with Gasteiger partial charge in [-0.3, -0.25) is 0 Å². The van der Waals surface area contributed by atoms with Crippen LogP contribution in [0.1, 0.15) is 17.2 Å². The van der Waals surface area contributed by atoms with Crippen LogP contribution < -0.4 is 14.8 Å². The summed E-state index contributed by atoms with van der Waals surface area (Å²) in [5.74, 6) is 1.67. The van der Waals surface area contributed by atoms with Gasteiger partial charge < -0.3 is 19.5 Å². The highest BCUT2D eigenvalue weighted by Gasteiger charge is 2.27. The van der Waals surface area contributed by atoms with Crippen molar-refractivity contribution in [1.29, 1.82) is 0 Å². The molecular formula is C13H16BrNO3. The predicted molar refractivity (Wildman–Crippen MR) is 71.5 cm³/mol. The Kier molecular flexibility index (Phi) is 3.46. The molecule has 1 N–H and O–H groups in total. The minimum Gasteiger partial charge on any atom is -0.493 e. The second kappa shape index (κ2) is 5.07. The largest absolute Gasteiger partial charge is 0.493 e. The lowest BCUT2D eigenvalue weighted by molar-refractivity contribution is 0.0271. The molecular weight excluding hydrogens is 298 g/mol. The van der Waals surface area contributed by atoms with Gasteiger partial charge in [0.25, 0.3) is 0 Å². The molecule has 0 amide bonds. The number of rotatable bonds is 2. The molecule has 0 bridgehead atoms. The van der Waals surface area contributed by atoms with Gasteiger partial charge >= 0.3 is 0 Å². The molecule has 1 aromatic rings. The van der Waals surface area contributed by atoms with Crippen molar-refractivity contribution in [2.75, 3.05) is 33.4 Å². The van der Waals surface area contributed by atoms with E-state index in [-0.39, 0.29) is 6.10 Å². The second-order valence-electron chi connectivity index (χ2n) is 4.45. The summed E-state index contributed by atoms with van der Waals surface area (Å²) in [6, 6.07) is 2.02. The van der Waals surface area contributed by atoms with E-state index in [1.807, 2.05) is 6.07 Å². The lowest BCUT2D eigenvalue weighted by Gasteiger charge is -2.26. The fourth-order valence-corrected chi connectivity index (χ4v) is 3.23. The number of nitrogens with one attached hydrogen (secondary N) is 1. The van der Waals surface area contributed by atoms with E-state index >= 15 is 0 Å². The summed E-state index contributed by atoms with van der Waals surface area (Å²) in [5.41, 5.74) is 2.34. The zero-order valence-corrected chi connectivity index (χ0v) is 11.9. The van der Waals surface area contributed by atoms with Gasteiger partial charge in [0.2, 0.25) is 0 Å². The van der Waals surface area contributed by atoms with E-state index < -0.39 is 0 Å². The number of hydrogen-bond donors (Lipinski definition) is 1. The van der Waals surface area contributed by atoms with Crippen molar-refractivity contribution < 1.29 is 14.2 Å². The van der Waals surface area contributed by atoms with E-state index in [9.17, 15) is 0 Å². The predicted octanol–water partition coefficient (Wildman–Crippen LogP) is 2.05. The van der Waals surface area contributed by atoms with E-state index in [1.165, 1.54) is 5.56 Å². The first kappa shape index (κ1) is 12.3. The average Bonchev–Trinajstić information content (AvgIpc) is 2.90. The van der Waals surface area contributed by atoms with Crippen LogP contribution in [0.5, 0.6) is 11.5 Å². The average molecular weight is 314 g/mol. The van der Waals surface area contributed by atoms with Gasteiger partial charge in [-0.05, 0) is 22.0 Å². The highest BCUT2D eigenvalue weighted by atomic mass is 79.9. The zero-order chi connectivity index (χ0) is 12.5. The van der Waals surface area contributed by atoms with Gasteiger partial charge in [0, 0.05) is 35.1 Å². The van der Waals surface area contributed by atoms with Gasteiger partial charge in [-0.1, -0.05) is 0 Å². The van der Waals surface area contributed by atoms with Crippen LogP contribution in [0.15, 0.2) is 10.5 Å². The van der Waals surface area contributed by atoms with Crippen molar-refractivity contribution in [1.82, 2.24) is 5.32 Å². The van der Waals surface area contributed by atoms with Crippen molar-refractivity contribution >= 4 is 15.9 Å². The van der Waals surface area contributed by atoms with Crippen molar-refractivity contribution in [3.63, 3.8) is 0 Å². The van der Waals surface area contributed by atoms with Gasteiger partial charge in [0.1, 0.15) is 0 Å². The molecule has 1 atom stereocenters. The van der Waals surface area contributed by atoms with Crippen LogP contribution in [-0.2, 0) is 11.2 Å². The van der Waals surface area contributed by atoms with Gasteiger partial charge in [0.15, 0.2) is 11.5 Å². The summed E-state index contributed by atoms with van der Waals surface area (Å²) in [5, 5.41) is 3.35. The third-order valence-corrected chi connectivity index (χ3v) is 4.33. The Morgan fingerprint density at radius 1 is 1.44 bits per heavy atom. The molecule has 1 unspecified atom stereocenters. The molecule has 1 saturated heterocycles. The molecule has 0 saturated carbocycles. The second-order valence-corrected chi connectivity index (χ2v) is 5.24. The van der Waals surface area contributed by atoms with E-state index in [0.29, 0.717) is 0 Å². The Morgan fingerprint density at radius 3 is 3.06 bits per heavy atom. The van der Waals surface area contributed by atoms with Crippen LogP contribution in [0.4, 0.5) is 0 Å². The first-order valence-corrected chi connectivity index (χ1v) is 6.95. The number of halogens is 1. The molecule has 0 aromatic heterocycles. The Hall–Kier alpha value is -0.780. The maximum atomic E-state index is 5.82. The molecule has 3 rings (SSSR count). The molecule has 18 heavy (non-hydrogen) atoms. The summed E-state index contributed by atoms with van der Waals surface area (Å²) >= 11 is 3.69. The normalized spacial score (nSPS) is 22.4. The van der Waals surface area contributed by atoms with Crippen molar-refractivity contribution in [2.24, 2.45) is 0 Å². The highest BCUT2D eigenvalue weighted by molar-refractivity contribution is 9.10. The van der Waals surface area contributed by atoms with Gasteiger partial charge in [-0.25, -0.2) is 0 Å². The maximum Gasteiger partial charge on any atom is 0.165 e. The Labute approximate surface area is 115 Å². The Bertz CT molecular complexity index is 458. The Balaban J connectivity index is 2.03. The van der Waals surface area contributed by atoms with Crippen molar-refractivity contribution in [2.45, 2.75) is 12.5 Å². The third-order valence-electron chi connectivity index (χ3n) is 3.40. The third kappa shape index (κ3) is 2.00. The first-order valence-electron chi connectivity index (χ1n) is 6.15. The van der Waals surface area contributed by atoms with Crippen LogP contribution in [0.25, 0.3) is 0 Å². The van der Waals surface area contributed by atoms with Crippen LogP contribution in [0.3, 0.4) is 0 Å². The SMILES string of the molecule is COc1cc(C2CNCCO2)c(Br)c2c1OCC2. The van der Waals surface area contributed by atoms with Crippen molar-refractivity contribution in [3.8, 4) is 11.5 Å². The summed E-state index contributed by atoms with van der Waals surface area (Å²) in [6.07, 6.45) is 0.994. The molecule has 2 heterocycles. The van der Waals surface area contributed by atoms with Gasteiger partial charge in [-0.2, -0.15) is 0 Å². The quantitative estimate of drug-likeness (QED) is 0.907. The fourth-order valence-electron chi connectivity index (χ4n) is 2.48. The molecule has 1 aromatic carbocycles. The fraction of sp³-hybridized carbons (Fsp3) is 0.538. The Morgan fingerprint density at radius 2 is 2.33 bits per heavy atom. The van der Waals surface area contributed by atoms with E-state index in [2.05, 4.69) is 21.2 Å². The number of fused-ring (bicyclic) bond motifs is 1. The monoisotopic (exact) mass is 313 g/mol. The minimum absolute atomic E-state index is 0.0768. The summed E-state index contributed by atoms with van der Waals surface area (Å²) < 4.78 is 18.0. The summed E-state index contributed by atoms with van der Waals surface area (Å²) in [6.45, 7) is 3.21. The lowest BCUT2D eigenvalue weighted by atomic mass is 10.0. The van der Waals surface area contributed by atoms with Gasteiger partial charge in [0.05, 0.1) is 26.4 Å². The van der Waals surface area contributed by atoms with E-state index in [0.717, 1.165) is 54.3 Å². The number of morpholine rings is 1. The van der Waals surface area contributed by atoms with E-state index in [1.54, 1.807) is 7.11 Å². The zero-order valence-electron chi connectivity index (χ0n) is 10.3. The van der Waals surface area contributed by atoms with Crippen LogP contribution in [0.2, 0.25) is 0 Å². The van der Waals surface area contributed by atoms with Crippen molar-refractivity contribution in [3.05, 3.63) is 21.7 Å². The maximum absolute atomic E-state index is 5.82. The molecule has 5 heteroatoms. The van der Waals surface area contributed by atoms with Crippen LogP contribution in [0, 0.1) is 0 Å². The van der Waals surface area contributed by atoms with Gasteiger partial charge in [-0.15, -0.1) is 0 Å². The van der Waals surface area contributed by atoms with E-state index in [4.69, 9.17) is 14.2 Å². The highest BCUT2D eigenvalue weighted by Crippen LogP contribution is 2.44. The smallest absolute Gasteiger partial charge is 0.165 e. The molecule has 0 radical (unpaired) electrons. The molecule has 0 spiro atoms. The molecule has 98 valence electrons. The topological polar surface area (TPSA) is 39.7 Å². The summed E-state index contributed by atoms with van der Waals surface area (Å²) in [7, 11) is 1.68. The number of hydrogen-bond acceptors (Lipinski definition) is 4. The molecule has 1 fully saturated rings. The number of benzene rings is 1. The van der Waals surface area contributed by atoms with Crippen LogP contribution in [-0.4, -0.2) is 33.4 Å². The molecule has 4 nitrogen and oxygen atoms in total. The number of ether oxygens (including phenoxy) is 3. The summed E-state index contributed by atoms with van der Waals surface area (Å²) in [4.78, 5) is 0. The molecule has 0 aliphatic carbocycles.